The molecule has 1 aromatic carbocycles. The monoisotopic (exact) mass is 444 g/mol. The fourth-order valence-corrected chi connectivity index (χ4v) is 4.55. The van der Waals surface area contributed by atoms with Crippen LogP contribution in [0.1, 0.15) is 36.4 Å². The van der Waals surface area contributed by atoms with Crippen LogP contribution in [-0.4, -0.2) is 41.7 Å². The molecule has 31 heavy (non-hydrogen) atoms. The van der Waals surface area contributed by atoms with E-state index in [1.165, 1.54) is 11.5 Å². The number of nitrogens with two attached hydrogens (primary N) is 1. The van der Waals surface area contributed by atoms with Gasteiger partial charge in [0, 0.05) is 36.3 Å². The molecular weight excluding hydrogens is 420 g/mol. The molecule has 4 rings (SSSR count). The van der Waals surface area contributed by atoms with Crippen LogP contribution >= 0.6 is 0 Å². The van der Waals surface area contributed by atoms with E-state index >= 15 is 4.39 Å². The highest BCUT2D eigenvalue weighted by atomic mass is 19.4. The zero-order valence-electron chi connectivity index (χ0n) is 17.2. The molecule has 0 bridgehead atoms. The van der Waals surface area contributed by atoms with E-state index < -0.39 is 36.1 Å². The summed E-state index contributed by atoms with van der Waals surface area (Å²) in [5.74, 6) is -0.890. The Bertz CT molecular complexity index is 1140. The number of rotatable bonds is 5. The Labute approximate surface area is 174 Å². The van der Waals surface area contributed by atoms with E-state index in [2.05, 4.69) is 9.72 Å². The predicted octanol–water partition coefficient (Wildman–Crippen LogP) is 2.47. The van der Waals surface area contributed by atoms with Crippen LogP contribution in [0, 0.1) is 25.6 Å². The molecule has 7 nitrogen and oxygen atoms in total. The number of H-pyrrole nitrogens is 1. The minimum absolute atomic E-state index is 0.0393. The lowest BCUT2D eigenvalue weighted by molar-refractivity contribution is -0.326. The van der Waals surface area contributed by atoms with Gasteiger partial charge in [0.05, 0.1) is 23.2 Å². The van der Waals surface area contributed by atoms with Crippen LogP contribution < -0.4 is 21.9 Å². The summed E-state index contributed by atoms with van der Waals surface area (Å²) in [6.45, 7) is 3.13. The van der Waals surface area contributed by atoms with Crippen LogP contribution in [0.3, 0.4) is 0 Å². The Morgan fingerprint density at radius 1 is 1.19 bits per heavy atom. The number of aromatic nitrogens is 2. The summed E-state index contributed by atoms with van der Waals surface area (Å²) in [5, 5.41) is 0.149. The lowest BCUT2D eigenvalue weighted by Crippen LogP contribution is -2.38. The molecule has 1 aliphatic carbocycles. The molecule has 2 aliphatic rings. The lowest BCUT2D eigenvalue weighted by Gasteiger charge is -2.26. The summed E-state index contributed by atoms with van der Waals surface area (Å²) in [6.07, 6.45) is -2.69. The predicted molar refractivity (Wildman–Crippen MR) is 107 cm³/mol. The normalized spacial score (nSPS) is 20.6. The Kier molecular flexibility index (Phi) is 5.37. The first kappa shape index (κ1) is 21.8. The van der Waals surface area contributed by atoms with Crippen molar-refractivity contribution >= 4 is 16.6 Å². The third-order valence-corrected chi connectivity index (χ3v) is 6.26. The molecule has 0 radical (unpaired) electrons. The van der Waals surface area contributed by atoms with Crippen molar-refractivity contribution in [3.63, 3.8) is 0 Å². The molecule has 2 aromatic rings. The molecule has 2 heterocycles. The van der Waals surface area contributed by atoms with Gasteiger partial charge in [0.1, 0.15) is 0 Å². The van der Waals surface area contributed by atoms with Crippen LogP contribution in [0.4, 0.5) is 23.2 Å². The van der Waals surface area contributed by atoms with Gasteiger partial charge in [-0.2, -0.15) is 0 Å². The summed E-state index contributed by atoms with van der Waals surface area (Å²) in [6, 6.07) is -0.897. The summed E-state index contributed by atoms with van der Waals surface area (Å²) in [4.78, 5) is 29.0. The van der Waals surface area contributed by atoms with E-state index in [1.807, 2.05) is 0 Å². The number of hydrogen-bond donors (Lipinski definition) is 2. The van der Waals surface area contributed by atoms with Gasteiger partial charge in [-0.25, -0.2) is 9.18 Å². The number of nitrogens with zero attached hydrogens (tertiary/aromatic N) is 2. The van der Waals surface area contributed by atoms with Gasteiger partial charge >= 0.3 is 12.1 Å². The summed E-state index contributed by atoms with van der Waals surface area (Å²) in [7, 11) is 0. The highest BCUT2D eigenvalue weighted by Crippen LogP contribution is 2.40. The molecule has 2 atom stereocenters. The second kappa shape index (κ2) is 7.63. The second-order valence-corrected chi connectivity index (χ2v) is 8.41. The van der Waals surface area contributed by atoms with E-state index in [0.717, 1.165) is 12.8 Å². The van der Waals surface area contributed by atoms with Crippen molar-refractivity contribution in [2.24, 2.45) is 11.7 Å². The average molecular weight is 444 g/mol. The fraction of sp³-hybridized carbons (Fsp3) is 0.600. The van der Waals surface area contributed by atoms with Gasteiger partial charge in [-0.3, -0.25) is 19.1 Å². The van der Waals surface area contributed by atoms with Crippen LogP contribution in [0.5, 0.6) is 0 Å². The van der Waals surface area contributed by atoms with Crippen LogP contribution in [0.15, 0.2) is 9.59 Å². The maximum atomic E-state index is 15.4. The number of ether oxygens (including phenoxy) is 1. The molecule has 1 saturated carbocycles. The Balaban J connectivity index is 1.73. The number of benzene rings is 1. The molecular formula is C20H24F4N4O3. The lowest BCUT2D eigenvalue weighted by atomic mass is 10.00. The maximum absolute atomic E-state index is 15.4. The number of alkyl halides is 3. The Morgan fingerprint density at radius 3 is 2.48 bits per heavy atom. The molecule has 1 saturated heterocycles. The van der Waals surface area contributed by atoms with Gasteiger partial charge in [0.2, 0.25) is 0 Å². The number of aromatic amines is 1. The van der Waals surface area contributed by atoms with E-state index in [-0.39, 0.29) is 35.1 Å². The topological polar surface area (TPSA) is 93.3 Å². The van der Waals surface area contributed by atoms with Gasteiger partial charge in [0.15, 0.2) is 5.82 Å². The highest BCUT2D eigenvalue weighted by molar-refractivity contribution is 5.90. The molecule has 2 fully saturated rings. The summed E-state index contributed by atoms with van der Waals surface area (Å²) in [5.41, 5.74) is 6.03. The first-order valence-corrected chi connectivity index (χ1v) is 10.2. The van der Waals surface area contributed by atoms with Crippen molar-refractivity contribution in [3.05, 3.63) is 37.8 Å². The third-order valence-electron chi connectivity index (χ3n) is 6.26. The minimum Gasteiger partial charge on any atom is -0.369 e. The van der Waals surface area contributed by atoms with Gasteiger partial charge in [-0.05, 0) is 39.0 Å². The summed E-state index contributed by atoms with van der Waals surface area (Å²) < 4.78 is 57.8. The number of halogens is 4. The quantitative estimate of drug-likeness (QED) is 0.692. The van der Waals surface area contributed by atoms with Gasteiger partial charge in [0.25, 0.3) is 5.56 Å². The smallest absolute Gasteiger partial charge is 0.369 e. The Morgan fingerprint density at radius 2 is 1.87 bits per heavy atom. The van der Waals surface area contributed by atoms with E-state index in [0.29, 0.717) is 24.0 Å². The van der Waals surface area contributed by atoms with Crippen molar-refractivity contribution in [2.45, 2.75) is 51.6 Å². The molecule has 1 aliphatic heterocycles. The van der Waals surface area contributed by atoms with Crippen LogP contribution in [0.25, 0.3) is 10.9 Å². The zero-order chi connectivity index (χ0) is 22.7. The summed E-state index contributed by atoms with van der Waals surface area (Å²) >= 11 is 0. The standard InChI is InChI=1S/C20H24F4N4O3/c1-9-14-16(28(12-3-4-12)19(30)26-18(14)29)10(2)17(15(9)21)27-6-5-11(7-27)13(25)8-31-20(22,23)24/h11-13H,3-8,25H2,1-2H3,(H,26,29,30). The van der Waals surface area contributed by atoms with E-state index in [1.54, 1.807) is 11.8 Å². The van der Waals surface area contributed by atoms with Crippen LogP contribution in [-0.2, 0) is 4.74 Å². The second-order valence-electron chi connectivity index (χ2n) is 8.41. The molecule has 2 unspecified atom stereocenters. The molecule has 0 amide bonds. The molecule has 0 spiro atoms. The Hall–Kier alpha value is -2.40. The number of anilines is 1. The first-order valence-electron chi connectivity index (χ1n) is 10.2. The SMILES string of the molecule is Cc1c(F)c(N2CCC(C(N)COC(F)(F)F)C2)c(C)c2c1c(=O)[nH]c(=O)n2C1CC1. The molecule has 11 heteroatoms. The van der Waals surface area contributed by atoms with E-state index in [4.69, 9.17) is 5.73 Å². The van der Waals surface area contributed by atoms with Crippen molar-refractivity contribution < 1.29 is 22.3 Å². The van der Waals surface area contributed by atoms with Crippen molar-refractivity contribution in [1.82, 2.24) is 9.55 Å². The molecule has 3 N–H and O–H groups in total. The fourth-order valence-electron chi connectivity index (χ4n) is 4.55. The van der Waals surface area contributed by atoms with Crippen molar-refractivity contribution in [2.75, 3.05) is 24.6 Å². The minimum atomic E-state index is -4.76. The number of nitrogens with one attached hydrogen (secondary N) is 1. The molecule has 1 aromatic heterocycles. The molecule has 170 valence electrons. The maximum Gasteiger partial charge on any atom is 0.522 e. The number of fused-ring (bicyclic) bond motifs is 1. The van der Waals surface area contributed by atoms with Crippen molar-refractivity contribution in [1.29, 1.82) is 0 Å². The highest BCUT2D eigenvalue weighted by Gasteiger charge is 2.36. The first-order chi connectivity index (χ1) is 14.5. The third kappa shape index (κ3) is 3.96. The number of aryl methyl sites for hydroxylation is 2. The largest absolute Gasteiger partial charge is 0.522 e. The van der Waals surface area contributed by atoms with E-state index in [9.17, 15) is 22.8 Å². The van der Waals surface area contributed by atoms with Gasteiger partial charge in [-0.1, -0.05) is 0 Å². The average Bonchev–Trinajstić information content (AvgIpc) is 3.39. The van der Waals surface area contributed by atoms with Crippen LogP contribution in [0.2, 0.25) is 0 Å². The van der Waals surface area contributed by atoms with Crippen molar-refractivity contribution in [3.8, 4) is 0 Å². The number of hydrogen-bond acceptors (Lipinski definition) is 5. The van der Waals surface area contributed by atoms with Gasteiger partial charge < -0.3 is 10.6 Å². The zero-order valence-corrected chi connectivity index (χ0v) is 17.2. The van der Waals surface area contributed by atoms with Gasteiger partial charge in [-0.15, -0.1) is 13.2 Å².